The highest BCUT2D eigenvalue weighted by Crippen LogP contribution is 2.34. The molecule has 2 aromatic rings. The number of hydrogen-bond donors (Lipinski definition) is 1. The van der Waals surface area contributed by atoms with Crippen LogP contribution in [0.5, 0.6) is 0 Å². The van der Waals surface area contributed by atoms with E-state index in [4.69, 9.17) is 11.6 Å². The summed E-state index contributed by atoms with van der Waals surface area (Å²) in [5.74, 6) is -0.334. The maximum absolute atomic E-state index is 13.7. The summed E-state index contributed by atoms with van der Waals surface area (Å²) in [4.78, 5) is 18.2. The number of nitrogens with one attached hydrogen (secondary N) is 1. The number of hydrogen-bond acceptors (Lipinski definition) is 3. The molecule has 0 radical (unpaired) electrons. The molecule has 0 saturated heterocycles. The van der Waals surface area contributed by atoms with Crippen LogP contribution in [0.15, 0.2) is 36.5 Å². The summed E-state index contributed by atoms with van der Waals surface area (Å²) in [5.41, 5.74) is -0.934. The van der Waals surface area contributed by atoms with Gasteiger partial charge in [-0.2, -0.15) is 13.2 Å². The molecular formula is C21H23ClF3N3O. The molecule has 1 saturated carbocycles. The Morgan fingerprint density at radius 3 is 2.62 bits per heavy atom. The molecule has 1 aromatic carbocycles. The van der Waals surface area contributed by atoms with Gasteiger partial charge in [0, 0.05) is 30.5 Å². The number of carbonyl (C=O) groups is 1. The Hall–Kier alpha value is -2.28. The molecule has 1 aromatic heterocycles. The Balaban J connectivity index is 1.82. The van der Waals surface area contributed by atoms with Crippen LogP contribution in [-0.4, -0.2) is 29.4 Å². The minimum Gasteiger partial charge on any atom is -0.341 e. The standard InChI is InChI=1S/C21H23ClF3N3O/c1-28(13-14-6-3-2-4-7-14)20(29)17-12-26-19(11-18(17)21(23,24)25)27-16-9-5-8-15(22)10-16/h5,8-12,14H,2-4,6-7,13H2,1H3,(H,26,27). The van der Waals surface area contributed by atoms with Crippen molar-refractivity contribution in [3.63, 3.8) is 0 Å². The van der Waals surface area contributed by atoms with Gasteiger partial charge in [-0.1, -0.05) is 36.9 Å². The van der Waals surface area contributed by atoms with E-state index < -0.39 is 23.2 Å². The number of carbonyl (C=O) groups excluding carboxylic acids is 1. The molecule has 29 heavy (non-hydrogen) atoms. The van der Waals surface area contributed by atoms with Crippen molar-refractivity contribution in [3.05, 3.63) is 52.7 Å². The maximum atomic E-state index is 13.7. The number of alkyl halides is 3. The van der Waals surface area contributed by atoms with E-state index in [0.29, 0.717) is 23.2 Å². The van der Waals surface area contributed by atoms with E-state index in [0.717, 1.165) is 37.9 Å². The Labute approximate surface area is 173 Å². The number of rotatable bonds is 5. The van der Waals surface area contributed by atoms with Crippen molar-refractivity contribution in [2.24, 2.45) is 5.92 Å². The SMILES string of the molecule is CN(CC1CCCCC1)C(=O)c1cnc(Nc2cccc(Cl)c2)cc1C(F)(F)F. The van der Waals surface area contributed by atoms with Crippen molar-refractivity contribution < 1.29 is 18.0 Å². The molecule has 1 aliphatic rings. The van der Waals surface area contributed by atoms with Crippen LogP contribution in [0.2, 0.25) is 5.02 Å². The first-order valence-corrected chi connectivity index (χ1v) is 9.97. The number of benzene rings is 1. The van der Waals surface area contributed by atoms with Crippen LogP contribution in [0.3, 0.4) is 0 Å². The molecule has 0 bridgehead atoms. The number of amides is 1. The van der Waals surface area contributed by atoms with Crippen LogP contribution in [-0.2, 0) is 6.18 Å². The summed E-state index contributed by atoms with van der Waals surface area (Å²) in [6.45, 7) is 0.457. The van der Waals surface area contributed by atoms with Crippen LogP contribution in [0.1, 0.15) is 48.0 Å². The summed E-state index contributed by atoms with van der Waals surface area (Å²) < 4.78 is 41.0. The average molecular weight is 426 g/mol. The molecule has 1 N–H and O–H groups in total. The normalized spacial score (nSPS) is 15.2. The molecule has 156 valence electrons. The average Bonchev–Trinajstić information content (AvgIpc) is 2.67. The molecule has 8 heteroatoms. The summed E-state index contributed by atoms with van der Waals surface area (Å²) in [5, 5.41) is 3.24. The van der Waals surface area contributed by atoms with Crippen molar-refractivity contribution >= 4 is 29.0 Å². The first kappa shape index (κ1) is 21.4. The van der Waals surface area contributed by atoms with E-state index >= 15 is 0 Å². The van der Waals surface area contributed by atoms with E-state index in [9.17, 15) is 18.0 Å². The number of halogens is 4. The lowest BCUT2D eigenvalue weighted by Gasteiger charge is -2.27. The Bertz CT molecular complexity index is 866. The van der Waals surface area contributed by atoms with Gasteiger partial charge in [-0.3, -0.25) is 4.79 Å². The Kier molecular flexibility index (Phi) is 6.67. The summed E-state index contributed by atoms with van der Waals surface area (Å²) in [6.07, 6.45) is 1.71. The molecule has 3 rings (SSSR count). The summed E-state index contributed by atoms with van der Waals surface area (Å²) in [6, 6.07) is 7.44. The highest BCUT2D eigenvalue weighted by Gasteiger charge is 2.37. The maximum Gasteiger partial charge on any atom is 0.417 e. The van der Waals surface area contributed by atoms with Gasteiger partial charge in [-0.15, -0.1) is 0 Å². The molecular weight excluding hydrogens is 403 g/mol. The highest BCUT2D eigenvalue weighted by atomic mass is 35.5. The number of pyridine rings is 1. The van der Waals surface area contributed by atoms with E-state index in [-0.39, 0.29) is 5.82 Å². The summed E-state index contributed by atoms with van der Waals surface area (Å²) >= 11 is 5.91. The molecule has 4 nitrogen and oxygen atoms in total. The highest BCUT2D eigenvalue weighted by molar-refractivity contribution is 6.30. The topological polar surface area (TPSA) is 45.2 Å². The van der Waals surface area contributed by atoms with Crippen molar-refractivity contribution in [2.75, 3.05) is 18.9 Å². The monoisotopic (exact) mass is 425 g/mol. The smallest absolute Gasteiger partial charge is 0.341 e. The van der Waals surface area contributed by atoms with E-state index in [2.05, 4.69) is 10.3 Å². The zero-order chi connectivity index (χ0) is 21.0. The minimum absolute atomic E-state index is 0.00826. The van der Waals surface area contributed by atoms with Gasteiger partial charge in [0.25, 0.3) is 5.91 Å². The number of nitrogens with zero attached hydrogens (tertiary/aromatic N) is 2. The predicted molar refractivity (Wildman–Crippen MR) is 108 cm³/mol. The molecule has 0 unspecified atom stereocenters. The van der Waals surface area contributed by atoms with Gasteiger partial charge in [0.15, 0.2) is 0 Å². The van der Waals surface area contributed by atoms with E-state index in [1.54, 1.807) is 31.3 Å². The first-order chi connectivity index (χ1) is 13.7. The van der Waals surface area contributed by atoms with Gasteiger partial charge in [-0.25, -0.2) is 4.98 Å². The zero-order valence-corrected chi connectivity index (χ0v) is 16.9. The minimum atomic E-state index is -4.68. The molecule has 0 spiro atoms. The van der Waals surface area contributed by atoms with Gasteiger partial charge >= 0.3 is 6.18 Å². The van der Waals surface area contributed by atoms with E-state index in [1.807, 2.05) is 0 Å². The van der Waals surface area contributed by atoms with Crippen molar-refractivity contribution in [1.82, 2.24) is 9.88 Å². The zero-order valence-electron chi connectivity index (χ0n) is 16.1. The lowest BCUT2D eigenvalue weighted by molar-refractivity contribution is -0.138. The van der Waals surface area contributed by atoms with Gasteiger partial charge < -0.3 is 10.2 Å². The van der Waals surface area contributed by atoms with Crippen LogP contribution in [0.4, 0.5) is 24.7 Å². The third-order valence-corrected chi connectivity index (χ3v) is 5.38. The fourth-order valence-corrected chi connectivity index (χ4v) is 3.88. The van der Waals surface area contributed by atoms with Gasteiger partial charge in [0.2, 0.25) is 0 Å². The van der Waals surface area contributed by atoms with Crippen LogP contribution in [0, 0.1) is 5.92 Å². The lowest BCUT2D eigenvalue weighted by Crippen LogP contribution is -2.34. The second kappa shape index (κ2) is 9.03. The summed E-state index contributed by atoms with van der Waals surface area (Å²) in [7, 11) is 1.55. The molecule has 1 heterocycles. The molecule has 0 atom stereocenters. The first-order valence-electron chi connectivity index (χ1n) is 9.59. The Morgan fingerprint density at radius 2 is 1.97 bits per heavy atom. The van der Waals surface area contributed by atoms with Crippen LogP contribution < -0.4 is 5.32 Å². The molecule has 1 amide bonds. The molecule has 0 aliphatic heterocycles. The fourth-order valence-electron chi connectivity index (χ4n) is 3.69. The quantitative estimate of drug-likeness (QED) is 0.624. The second-order valence-corrected chi connectivity index (χ2v) is 7.87. The van der Waals surface area contributed by atoms with Crippen molar-refractivity contribution in [2.45, 2.75) is 38.3 Å². The lowest BCUT2D eigenvalue weighted by atomic mass is 9.89. The van der Waals surface area contributed by atoms with Crippen LogP contribution >= 0.6 is 11.6 Å². The largest absolute Gasteiger partial charge is 0.417 e. The van der Waals surface area contributed by atoms with Crippen molar-refractivity contribution in [1.29, 1.82) is 0 Å². The van der Waals surface area contributed by atoms with Gasteiger partial charge in [0.1, 0.15) is 5.82 Å². The predicted octanol–water partition coefficient (Wildman–Crippen LogP) is 6.15. The van der Waals surface area contributed by atoms with E-state index in [1.165, 1.54) is 11.3 Å². The van der Waals surface area contributed by atoms with Crippen LogP contribution in [0.25, 0.3) is 0 Å². The van der Waals surface area contributed by atoms with Gasteiger partial charge in [-0.05, 0) is 43.0 Å². The third kappa shape index (κ3) is 5.63. The van der Waals surface area contributed by atoms with Gasteiger partial charge in [0.05, 0.1) is 11.1 Å². The number of aromatic nitrogens is 1. The molecule has 1 aliphatic carbocycles. The molecule has 1 fully saturated rings. The fraction of sp³-hybridized carbons (Fsp3) is 0.429. The van der Waals surface area contributed by atoms with Crippen molar-refractivity contribution in [3.8, 4) is 0 Å². The third-order valence-electron chi connectivity index (χ3n) is 5.14. The Morgan fingerprint density at radius 1 is 1.24 bits per heavy atom. The second-order valence-electron chi connectivity index (χ2n) is 7.44. The number of anilines is 2.